The van der Waals surface area contributed by atoms with Gasteiger partial charge in [-0.3, -0.25) is 14.4 Å². The number of carbonyl (C=O) groups is 3. The lowest BCUT2D eigenvalue weighted by atomic mass is 10.0. The molecule has 1 atom stereocenters. The van der Waals surface area contributed by atoms with Crippen LogP contribution in [-0.2, 0) is 20.8 Å². The molecule has 0 aliphatic carbocycles. The summed E-state index contributed by atoms with van der Waals surface area (Å²) < 4.78 is 25.7. The number of nitrogens with one attached hydrogen (secondary N) is 3. The fourth-order valence-corrected chi connectivity index (χ4v) is 4.14. The first kappa shape index (κ1) is 24.0. The Morgan fingerprint density at radius 1 is 1.08 bits per heavy atom. The fourth-order valence-electron chi connectivity index (χ4n) is 4.14. The molecule has 1 unspecified atom stereocenters. The quantitative estimate of drug-likeness (QED) is 0.429. The van der Waals surface area contributed by atoms with Gasteiger partial charge in [-0.1, -0.05) is 0 Å². The number of halogens is 1. The Morgan fingerprint density at radius 2 is 1.89 bits per heavy atom. The van der Waals surface area contributed by atoms with E-state index < -0.39 is 29.1 Å². The minimum Gasteiger partial charge on any atom is -0.497 e. The Labute approximate surface area is 211 Å². The number of ether oxygens (including phenoxy) is 2. The number of hydrogen-bond acceptors (Lipinski definition) is 8. The van der Waals surface area contributed by atoms with Crippen LogP contribution < -0.4 is 25.4 Å². The van der Waals surface area contributed by atoms with Crippen molar-refractivity contribution in [3.05, 3.63) is 59.8 Å². The molecule has 0 saturated heterocycles. The first-order valence-corrected chi connectivity index (χ1v) is 11.3. The molecule has 7 rings (SSSR count). The topological polar surface area (TPSA) is 135 Å². The predicted molar refractivity (Wildman–Crippen MR) is 131 cm³/mol. The second kappa shape index (κ2) is 9.04. The van der Waals surface area contributed by atoms with Crippen molar-refractivity contribution in [2.45, 2.75) is 18.9 Å². The van der Waals surface area contributed by atoms with E-state index in [2.05, 4.69) is 25.9 Å². The Morgan fingerprint density at radius 3 is 2.68 bits per heavy atom. The Bertz CT molecular complexity index is 1450. The van der Waals surface area contributed by atoms with Crippen molar-refractivity contribution >= 4 is 40.6 Å². The van der Waals surface area contributed by atoms with Crippen LogP contribution >= 0.6 is 0 Å². The highest BCUT2D eigenvalue weighted by molar-refractivity contribution is 6.16. The van der Waals surface area contributed by atoms with E-state index in [1.54, 1.807) is 30.3 Å². The Kier molecular flexibility index (Phi) is 5.86. The monoisotopic (exact) mass is 506 g/mol. The van der Waals surface area contributed by atoms with Crippen LogP contribution in [0.3, 0.4) is 0 Å². The first-order valence-electron chi connectivity index (χ1n) is 11.3. The van der Waals surface area contributed by atoms with Crippen LogP contribution in [0.4, 0.5) is 27.3 Å². The van der Waals surface area contributed by atoms with Crippen LogP contribution in [-0.4, -0.2) is 58.9 Å². The molecule has 0 radical (unpaired) electrons. The number of rotatable bonds is 1. The molecule has 3 N–H and O–H groups in total. The number of hydrogen-bond donors (Lipinski definition) is 3. The van der Waals surface area contributed by atoms with Crippen molar-refractivity contribution in [3.8, 4) is 11.5 Å². The summed E-state index contributed by atoms with van der Waals surface area (Å²) in [6.07, 6.45) is 1.28. The maximum absolute atomic E-state index is 14.6. The first-order chi connectivity index (χ1) is 17.6. The van der Waals surface area contributed by atoms with E-state index >= 15 is 0 Å². The van der Waals surface area contributed by atoms with E-state index in [-0.39, 0.29) is 30.2 Å². The number of fused-ring (bicyclic) bond motifs is 2. The molecule has 11 nitrogen and oxygen atoms in total. The van der Waals surface area contributed by atoms with Crippen molar-refractivity contribution in [2.75, 3.05) is 36.7 Å². The highest BCUT2D eigenvalue weighted by Gasteiger charge is 2.49. The number of anilines is 4. The number of carbonyl (C=O) groups excluding carboxylic acids is 3. The summed E-state index contributed by atoms with van der Waals surface area (Å²) in [5.74, 6) is -1.61. The van der Waals surface area contributed by atoms with E-state index in [1.165, 1.54) is 27.1 Å². The van der Waals surface area contributed by atoms with Crippen molar-refractivity contribution < 1.29 is 28.2 Å². The van der Waals surface area contributed by atoms with E-state index in [0.29, 0.717) is 28.5 Å². The van der Waals surface area contributed by atoms with Gasteiger partial charge < -0.3 is 30.3 Å². The van der Waals surface area contributed by atoms with Gasteiger partial charge in [-0.25, -0.2) is 14.4 Å². The van der Waals surface area contributed by atoms with Gasteiger partial charge >= 0.3 is 0 Å². The van der Waals surface area contributed by atoms with Crippen molar-refractivity contribution in [2.24, 2.45) is 0 Å². The second-order valence-electron chi connectivity index (χ2n) is 8.86. The normalized spacial score (nSPS) is 19.1. The Balaban J connectivity index is 1.60. The standard InChI is InChI=1S/C25H23FN6O5/c1-25-23(34)30-18-10-14(4-5-19(18)37-25)29-22-17(26)11-27-20(31-22)8-13-6-15(9-16(7-13)36-3)28-21(33)12-32(2)24(25)35/h4-7,9-11H,8,12H2,1-3H3,(H,28,33)(H,30,34)(H,27,29,31). The van der Waals surface area contributed by atoms with Gasteiger partial charge in [0.05, 0.1) is 25.5 Å². The van der Waals surface area contributed by atoms with Crippen LogP contribution in [0.1, 0.15) is 18.3 Å². The zero-order valence-corrected chi connectivity index (χ0v) is 20.2. The molecular formula is C25H23FN6O5. The molecule has 0 spiro atoms. The lowest BCUT2D eigenvalue weighted by Gasteiger charge is -2.35. The smallest absolute Gasteiger partial charge is 0.278 e. The van der Waals surface area contributed by atoms with Crippen molar-refractivity contribution in [1.29, 1.82) is 0 Å². The summed E-state index contributed by atoms with van der Waals surface area (Å²) in [4.78, 5) is 48.5. The molecule has 4 aliphatic heterocycles. The van der Waals surface area contributed by atoms with Gasteiger partial charge in [0.25, 0.3) is 17.4 Å². The van der Waals surface area contributed by atoms with Gasteiger partial charge in [-0.15, -0.1) is 0 Å². The average molecular weight is 506 g/mol. The molecule has 1 aromatic heterocycles. The molecule has 4 aliphatic rings. The van der Waals surface area contributed by atoms with Crippen LogP contribution in [0.15, 0.2) is 42.6 Å². The minimum atomic E-state index is -1.91. The lowest BCUT2D eigenvalue weighted by Crippen LogP contribution is -2.59. The molecule has 8 bridgehead atoms. The second-order valence-corrected chi connectivity index (χ2v) is 8.86. The summed E-state index contributed by atoms with van der Waals surface area (Å²) in [5, 5.41) is 8.29. The van der Waals surface area contributed by atoms with E-state index in [1.807, 2.05) is 0 Å². The van der Waals surface area contributed by atoms with Gasteiger partial charge in [-0.05, 0) is 42.8 Å². The Hall–Kier alpha value is -4.74. The summed E-state index contributed by atoms with van der Waals surface area (Å²) in [7, 11) is 2.90. The molecule has 0 saturated carbocycles. The molecule has 3 amide bonds. The third-order valence-corrected chi connectivity index (χ3v) is 6.02. The SMILES string of the molecule is COc1cc2cc(c1)NC(=O)CN(C)C(=O)C1(C)Oc3ccc(cc3NC1=O)Nc1nc(ncc1F)C2. The molecule has 5 heterocycles. The zero-order valence-electron chi connectivity index (χ0n) is 20.2. The van der Waals surface area contributed by atoms with Crippen molar-refractivity contribution in [1.82, 2.24) is 14.9 Å². The van der Waals surface area contributed by atoms with Crippen LogP contribution in [0.2, 0.25) is 0 Å². The number of amides is 3. The molecule has 190 valence electrons. The van der Waals surface area contributed by atoms with E-state index in [4.69, 9.17) is 9.47 Å². The third kappa shape index (κ3) is 4.60. The largest absolute Gasteiger partial charge is 0.497 e. The summed E-state index contributed by atoms with van der Waals surface area (Å²) >= 11 is 0. The zero-order chi connectivity index (χ0) is 26.3. The molecule has 37 heavy (non-hydrogen) atoms. The molecule has 2 aromatic carbocycles. The highest BCUT2D eigenvalue weighted by atomic mass is 19.1. The molecule has 0 fully saturated rings. The predicted octanol–water partition coefficient (Wildman–Crippen LogP) is 2.46. The summed E-state index contributed by atoms with van der Waals surface area (Å²) in [6.45, 7) is 1.00. The fraction of sp³-hybridized carbons (Fsp3) is 0.240. The molecular weight excluding hydrogens is 483 g/mol. The van der Waals surface area contributed by atoms with Crippen LogP contribution in [0.25, 0.3) is 0 Å². The van der Waals surface area contributed by atoms with E-state index in [9.17, 15) is 18.8 Å². The number of aromatic nitrogens is 2. The van der Waals surface area contributed by atoms with Gasteiger partial charge in [0, 0.05) is 30.9 Å². The van der Waals surface area contributed by atoms with Gasteiger partial charge in [0.2, 0.25) is 5.91 Å². The number of methoxy groups -OCH3 is 1. The molecule has 12 heteroatoms. The summed E-state index contributed by atoms with van der Waals surface area (Å²) in [6, 6.07) is 9.76. The van der Waals surface area contributed by atoms with Crippen LogP contribution in [0.5, 0.6) is 11.5 Å². The average Bonchev–Trinajstić information content (AvgIpc) is 2.85. The maximum Gasteiger partial charge on any atom is 0.278 e. The summed E-state index contributed by atoms with van der Waals surface area (Å²) in [5.41, 5.74) is -0.0731. The molecule has 3 aromatic rings. The highest BCUT2D eigenvalue weighted by Crippen LogP contribution is 2.37. The minimum absolute atomic E-state index is 0.0658. The van der Waals surface area contributed by atoms with Gasteiger partial charge in [0.1, 0.15) is 17.3 Å². The number of nitrogens with zero attached hydrogens (tertiary/aromatic N) is 3. The number of benzene rings is 2. The number of likely N-dealkylation sites (N-methyl/N-ethyl adjacent to an activating group) is 1. The third-order valence-electron chi connectivity index (χ3n) is 6.02. The lowest BCUT2D eigenvalue weighted by molar-refractivity contribution is -0.154. The van der Waals surface area contributed by atoms with Crippen LogP contribution in [0, 0.1) is 5.82 Å². The van der Waals surface area contributed by atoms with Crippen molar-refractivity contribution in [3.63, 3.8) is 0 Å². The van der Waals surface area contributed by atoms with Gasteiger partial charge in [0.15, 0.2) is 11.6 Å². The van der Waals surface area contributed by atoms with Gasteiger partial charge in [-0.2, -0.15) is 0 Å². The van der Waals surface area contributed by atoms with E-state index in [0.717, 1.165) is 11.1 Å². The maximum atomic E-state index is 14.6.